The Bertz CT molecular complexity index is 858. The maximum Gasteiger partial charge on any atom is 0.322 e. The van der Waals surface area contributed by atoms with Gasteiger partial charge in [-0.3, -0.25) is 24.0 Å². The van der Waals surface area contributed by atoms with Crippen LogP contribution in [0.25, 0.3) is 0 Å². The van der Waals surface area contributed by atoms with Crippen LogP contribution in [0.3, 0.4) is 0 Å². The molecule has 8 N–H and O–H groups in total. The van der Waals surface area contributed by atoms with E-state index >= 15 is 0 Å². The van der Waals surface area contributed by atoms with Crippen LogP contribution in [-0.4, -0.2) is 69.7 Å². The summed E-state index contributed by atoms with van der Waals surface area (Å²) in [6, 6.07) is 2.45. The van der Waals surface area contributed by atoms with Crippen molar-refractivity contribution in [2.75, 3.05) is 6.54 Å². The molecule has 12 heteroatoms. The molecule has 3 amide bonds. The number of carboxylic acid groups (broad SMARTS) is 2. The quantitative estimate of drug-likeness (QED) is 0.189. The van der Waals surface area contributed by atoms with Gasteiger partial charge in [0.05, 0.1) is 12.5 Å². The lowest BCUT2D eigenvalue weighted by molar-refractivity contribution is -0.142. The minimum absolute atomic E-state index is 0.0635. The molecule has 4 atom stereocenters. The van der Waals surface area contributed by atoms with E-state index in [1.54, 1.807) is 26.0 Å². The number of aromatic hydroxyl groups is 1. The van der Waals surface area contributed by atoms with Crippen molar-refractivity contribution in [1.82, 2.24) is 16.0 Å². The Morgan fingerprint density at radius 1 is 0.939 bits per heavy atom. The molecule has 182 valence electrons. The van der Waals surface area contributed by atoms with Gasteiger partial charge in [0.1, 0.15) is 24.4 Å². The molecule has 0 bridgehead atoms. The van der Waals surface area contributed by atoms with Gasteiger partial charge in [0, 0.05) is 0 Å². The van der Waals surface area contributed by atoms with Gasteiger partial charge >= 0.3 is 11.9 Å². The summed E-state index contributed by atoms with van der Waals surface area (Å²) in [5.41, 5.74) is 6.65. The SMILES string of the molecule is CCC(C)C(NC(=O)C(N)Cc1ccc(O)cc1)C(=O)NC(CC(=O)O)C(=O)NCC(=O)O. The first kappa shape index (κ1) is 27.4. The topological polar surface area (TPSA) is 208 Å². The predicted molar refractivity (Wildman–Crippen MR) is 116 cm³/mol. The first-order valence-corrected chi connectivity index (χ1v) is 10.3. The fourth-order valence-electron chi connectivity index (χ4n) is 2.87. The van der Waals surface area contributed by atoms with Crippen molar-refractivity contribution in [3.05, 3.63) is 29.8 Å². The molecule has 0 saturated heterocycles. The highest BCUT2D eigenvalue weighted by Gasteiger charge is 2.32. The van der Waals surface area contributed by atoms with Gasteiger partial charge in [-0.25, -0.2) is 0 Å². The minimum atomic E-state index is -1.54. The third-order valence-electron chi connectivity index (χ3n) is 4.95. The standard InChI is InChI=1S/C21H30N4O8/c1-3-11(2)18(25-19(31)14(22)8-12-4-6-13(26)7-5-12)21(33)24-15(9-16(27)28)20(32)23-10-17(29)30/h4-7,11,14-15,18,26H,3,8-10,22H2,1-2H3,(H,23,32)(H,24,33)(H,25,31)(H,27,28)(H,29,30). The molecule has 0 aliphatic rings. The number of nitrogens with one attached hydrogen (secondary N) is 3. The normalized spacial score (nSPS) is 14.3. The summed E-state index contributed by atoms with van der Waals surface area (Å²) in [5.74, 6) is -5.45. The lowest BCUT2D eigenvalue weighted by atomic mass is 9.96. The number of carboxylic acids is 2. The fraction of sp³-hybridized carbons (Fsp3) is 0.476. The maximum atomic E-state index is 12.8. The number of phenolic OH excluding ortho intramolecular Hbond substituents is 1. The number of hydrogen-bond acceptors (Lipinski definition) is 7. The predicted octanol–water partition coefficient (Wildman–Crippen LogP) is -1.05. The maximum absolute atomic E-state index is 12.8. The number of carbonyl (C=O) groups excluding carboxylic acids is 3. The number of aliphatic carboxylic acids is 2. The van der Waals surface area contributed by atoms with Gasteiger partial charge in [-0.2, -0.15) is 0 Å². The van der Waals surface area contributed by atoms with E-state index in [1.165, 1.54) is 12.1 Å². The van der Waals surface area contributed by atoms with Crippen molar-refractivity contribution in [2.45, 2.75) is 51.2 Å². The van der Waals surface area contributed by atoms with Crippen molar-refractivity contribution in [3.63, 3.8) is 0 Å². The van der Waals surface area contributed by atoms with Crippen LogP contribution >= 0.6 is 0 Å². The zero-order valence-corrected chi connectivity index (χ0v) is 18.4. The second kappa shape index (κ2) is 13.0. The third-order valence-corrected chi connectivity index (χ3v) is 4.95. The van der Waals surface area contributed by atoms with Gasteiger partial charge in [-0.1, -0.05) is 32.4 Å². The summed E-state index contributed by atoms with van der Waals surface area (Å²) in [6.07, 6.45) is -0.167. The van der Waals surface area contributed by atoms with E-state index in [4.69, 9.17) is 15.9 Å². The van der Waals surface area contributed by atoms with Gasteiger partial charge in [-0.15, -0.1) is 0 Å². The Hall–Kier alpha value is -3.67. The molecule has 1 aromatic carbocycles. The summed E-state index contributed by atoms with van der Waals surface area (Å²) in [5, 5.41) is 33.9. The largest absolute Gasteiger partial charge is 0.508 e. The van der Waals surface area contributed by atoms with Gasteiger partial charge in [0.2, 0.25) is 17.7 Å². The number of carbonyl (C=O) groups is 5. The van der Waals surface area contributed by atoms with Crippen LogP contribution < -0.4 is 21.7 Å². The first-order chi connectivity index (χ1) is 15.4. The van der Waals surface area contributed by atoms with Crippen LogP contribution in [0.1, 0.15) is 32.3 Å². The number of phenols is 1. The van der Waals surface area contributed by atoms with E-state index in [-0.39, 0.29) is 18.1 Å². The molecule has 12 nitrogen and oxygen atoms in total. The highest BCUT2D eigenvalue weighted by molar-refractivity contribution is 5.95. The van der Waals surface area contributed by atoms with Crippen molar-refractivity contribution in [2.24, 2.45) is 11.7 Å². The van der Waals surface area contributed by atoms with Crippen molar-refractivity contribution in [1.29, 1.82) is 0 Å². The molecule has 0 radical (unpaired) electrons. The highest BCUT2D eigenvalue weighted by atomic mass is 16.4. The fourth-order valence-corrected chi connectivity index (χ4v) is 2.87. The van der Waals surface area contributed by atoms with Gasteiger partial charge in [0.25, 0.3) is 0 Å². The second-order valence-electron chi connectivity index (χ2n) is 7.62. The minimum Gasteiger partial charge on any atom is -0.508 e. The highest BCUT2D eigenvalue weighted by Crippen LogP contribution is 2.12. The molecule has 0 aromatic heterocycles. The Morgan fingerprint density at radius 3 is 2.06 bits per heavy atom. The second-order valence-corrected chi connectivity index (χ2v) is 7.62. The van der Waals surface area contributed by atoms with Gasteiger partial charge in [-0.05, 0) is 30.0 Å². The molecule has 0 aliphatic heterocycles. The van der Waals surface area contributed by atoms with E-state index < -0.39 is 60.8 Å². The molecule has 33 heavy (non-hydrogen) atoms. The molecule has 0 heterocycles. The molecule has 1 aromatic rings. The average Bonchev–Trinajstić information content (AvgIpc) is 2.75. The molecule has 0 aliphatic carbocycles. The first-order valence-electron chi connectivity index (χ1n) is 10.3. The lowest BCUT2D eigenvalue weighted by Crippen LogP contribution is -2.58. The van der Waals surface area contributed by atoms with Crippen LogP contribution in [0.15, 0.2) is 24.3 Å². The molecular weight excluding hydrogens is 436 g/mol. The van der Waals surface area contributed by atoms with E-state index in [0.717, 1.165) is 0 Å². The number of hydrogen-bond donors (Lipinski definition) is 7. The Morgan fingerprint density at radius 2 is 1.55 bits per heavy atom. The van der Waals surface area contributed by atoms with Gasteiger partial charge in [0.15, 0.2) is 0 Å². The van der Waals surface area contributed by atoms with Crippen LogP contribution in [0.5, 0.6) is 5.75 Å². The summed E-state index contributed by atoms with van der Waals surface area (Å²) < 4.78 is 0. The number of benzene rings is 1. The van der Waals surface area contributed by atoms with Crippen LogP contribution in [0.4, 0.5) is 0 Å². The van der Waals surface area contributed by atoms with E-state index in [1.807, 2.05) is 5.32 Å². The summed E-state index contributed by atoms with van der Waals surface area (Å²) in [6.45, 7) is 2.72. The van der Waals surface area contributed by atoms with Crippen molar-refractivity contribution < 1.29 is 39.3 Å². The Balaban J connectivity index is 2.90. The number of amides is 3. The molecule has 1 rings (SSSR count). The molecule has 0 spiro atoms. The zero-order chi connectivity index (χ0) is 25.1. The molecular formula is C21H30N4O8. The summed E-state index contributed by atoms with van der Waals surface area (Å²) in [7, 11) is 0. The number of nitrogens with two attached hydrogens (primary N) is 1. The van der Waals surface area contributed by atoms with E-state index in [0.29, 0.717) is 12.0 Å². The monoisotopic (exact) mass is 466 g/mol. The van der Waals surface area contributed by atoms with Crippen molar-refractivity contribution in [3.8, 4) is 5.75 Å². The lowest BCUT2D eigenvalue weighted by Gasteiger charge is -2.27. The Labute approximate surface area is 190 Å². The zero-order valence-electron chi connectivity index (χ0n) is 18.4. The Kier molecular flexibility index (Phi) is 10.8. The van der Waals surface area contributed by atoms with E-state index in [9.17, 15) is 29.1 Å². The number of rotatable bonds is 13. The van der Waals surface area contributed by atoms with Crippen LogP contribution in [0.2, 0.25) is 0 Å². The van der Waals surface area contributed by atoms with Crippen molar-refractivity contribution >= 4 is 29.7 Å². The molecule has 0 saturated carbocycles. The van der Waals surface area contributed by atoms with Gasteiger partial charge < -0.3 is 37.0 Å². The summed E-state index contributed by atoms with van der Waals surface area (Å²) >= 11 is 0. The third kappa shape index (κ3) is 9.56. The molecule has 0 fully saturated rings. The van der Waals surface area contributed by atoms with Crippen LogP contribution in [-0.2, 0) is 30.4 Å². The smallest absolute Gasteiger partial charge is 0.322 e. The summed E-state index contributed by atoms with van der Waals surface area (Å²) in [4.78, 5) is 59.4. The van der Waals surface area contributed by atoms with Crippen LogP contribution in [0, 0.1) is 5.92 Å². The van der Waals surface area contributed by atoms with E-state index in [2.05, 4.69) is 10.6 Å². The molecule has 4 unspecified atom stereocenters. The average molecular weight is 466 g/mol.